The second-order valence-electron chi connectivity index (χ2n) is 6.42. The van der Waals surface area contributed by atoms with Crippen LogP contribution in [0.5, 0.6) is 11.5 Å². The number of rotatable bonds is 7. The van der Waals surface area contributed by atoms with E-state index in [-0.39, 0.29) is 12.3 Å². The maximum Gasteiger partial charge on any atom is 0.329 e. The number of carbonyl (C=O) groups excluding carboxylic acids is 2. The third kappa shape index (κ3) is 6.05. The summed E-state index contributed by atoms with van der Waals surface area (Å²) in [5.41, 5.74) is 3.71. The molecule has 2 N–H and O–H groups in total. The fourth-order valence-corrected chi connectivity index (χ4v) is 2.84. The Morgan fingerprint density at radius 3 is 2.50 bits per heavy atom. The molecule has 0 aliphatic rings. The first-order chi connectivity index (χ1) is 15.5. The Hall–Kier alpha value is -3.91. The average Bonchev–Trinajstić information content (AvgIpc) is 2.80. The first-order valence-corrected chi connectivity index (χ1v) is 9.79. The molecule has 0 saturated carbocycles. The number of nitrogens with one attached hydrogen (secondary N) is 2. The van der Waals surface area contributed by atoms with Crippen LogP contribution in [0.1, 0.15) is 11.1 Å². The third-order valence-electron chi connectivity index (χ3n) is 4.24. The third-order valence-corrected chi connectivity index (χ3v) is 4.61. The van der Waals surface area contributed by atoms with E-state index in [9.17, 15) is 14.0 Å². The number of hydrogen-bond donors (Lipinski definition) is 2. The molecule has 3 aromatic rings. The SMILES string of the molecule is COc1cccc(/C=N\NC(=O)C(=O)Nc2ccc(F)cc2)c1OCc1ccccc1Cl. The fraction of sp³-hybridized carbons (Fsp3) is 0.0870. The van der Waals surface area contributed by atoms with Gasteiger partial charge in [-0.15, -0.1) is 0 Å². The Morgan fingerprint density at radius 2 is 1.78 bits per heavy atom. The van der Waals surface area contributed by atoms with Crippen LogP contribution in [0.2, 0.25) is 5.02 Å². The van der Waals surface area contributed by atoms with Crippen LogP contribution in [0.3, 0.4) is 0 Å². The highest BCUT2D eigenvalue weighted by Crippen LogP contribution is 2.31. The van der Waals surface area contributed by atoms with Crippen molar-refractivity contribution in [3.05, 3.63) is 88.7 Å². The van der Waals surface area contributed by atoms with E-state index in [0.717, 1.165) is 5.56 Å². The maximum atomic E-state index is 12.9. The second-order valence-corrected chi connectivity index (χ2v) is 6.83. The van der Waals surface area contributed by atoms with E-state index in [0.29, 0.717) is 22.1 Å². The van der Waals surface area contributed by atoms with Crippen LogP contribution in [-0.4, -0.2) is 25.1 Å². The zero-order valence-corrected chi connectivity index (χ0v) is 17.7. The number of halogens is 2. The van der Waals surface area contributed by atoms with Gasteiger partial charge in [-0.3, -0.25) is 9.59 Å². The van der Waals surface area contributed by atoms with Gasteiger partial charge in [0.2, 0.25) is 0 Å². The number of carbonyl (C=O) groups is 2. The molecule has 0 heterocycles. The molecule has 0 fully saturated rings. The van der Waals surface area contributed by atoms with Crippen molar-refractivity contribution in [2.75, 3.05) is 12.4 Å². The predicted molar refractivity (Wildman–Crippen MR) is 120 cm³/mol. The summed E-state index contributed by atoms with van der Waals surface area (Å²) in [4.78, 5) is 23.9. The van der Waals surface area contributed by atoms with Crippen LogP contribution in [0.4, 0.5) is 10.1 Å². The zero-order chi connectivity index (χ0) is 22.9. The number of hydrazone groups is 1. The quantitative estimate of drug-likeness (QED) is 0.318. The van der Waals surface area contributed by atoms with Gasteiger partial charge in [0.15, 0.2) is 11.5 Å². The van der Waals surface area contributed by atoms with E-state index in [4.69, 9.17) is 21.1 Å². The van der Waals surface area contributed by atoms with E-state index in [2.05, 4.69) is 15.8 Å². The van der Waals surface area contributed by atoms with Crippen LogP contribution in [0, 0.1) is 5.82 Å². The van der Waals surface area contributed by atoms with Crippen LogP contribution < -0.4 is 20.2 Å². The Kier molecular flexibility index (Phi) is 7.77. The number of amides is 2. The molecule has 0 aliphatic heterocycles. The average molecular weight is 456 g/mol. The lowest BCUT2D eigenvalue weighted by molar-refractivity contribution is -0.136. The minimum Gasteiger partial charge on any atom is -0.493 e. The lowest BCUT2D eigenvalue weighted by atomic mass is 10.2. The Bertz CT molecular complexity index is 1140. The van der Waals surface area contributed by atoms with E-state index < -0.39 is 17.6 Å². The normalized spacial score (nSPS) is 10.6. The van der Waals surface area contributed by atoms with Gasteiger partial charge in [0.1, 0.15) is 12.4 Å². The maximum absolute atomic E-state index is 12.9. The molecule has 0 atom stereocenters. The molecule has 7 nitrogen and oxygen atoms in total. The molecule has 0 aromatic heterocycles. The fourth-order valence-electron chi connectivity index (χ4n) is 2.65. The molecule has 3 rings (SSSR count). The summed E-state index contributed by atoms with van der Waals surface area (Å²) >= 11 is 6.18. The van der Waals surface area contributed by atoms with E-state index in [1.807, 2.05) is 18.2 Å². The van der Waals surface area contributed by atoms with Crippen molar-refractivity contribution in [3.63, 3.8) is 0 Å². The van der Waals surface area contributed by atoms with Crippen molar-refractivity contribution < 1.29 is 23.5 Å². The molecular weight excluding hydrogens is 437 g/mol. The van der Waals surface area contributed by atoms with Crippen LogP contribution in [0.15, 0.2) is 71.8 Å². The molecule has 0 aliphatic carbocycles. The Balaban J connectivity index is 1.66. The van der Waals surface area contributed by atoms with Gasteiger partial charge >= 0.3 is 11.8 Å². The first kappa shape index (κ1) is 22.8. The summed E-state index contributed by atoms with van der Waals surface area (Å²) in [6.45, 7) is 0.188. The highest BCUT2D eigenvalue weighted by atomic mass is 35.5. The van der Waals surface area contributed by atoms with Gasteiger partial charge in [0.25, 0.3) is 0 Å². The van der Waals surface area contributed by atoms with Gasteiger partial charge in [-0.2, -0.15) is 5.10 Å². The number of benzene rings is 3. The summed E-state index contributed by atoms with van der Waals surface area (Å²) in [6.07, 6.45) is 1.33. The largest absolute Gasteiger partial charge is 0.493 e. The van der Waals surface area contributed by atoms with Crippen molar-refractivity contribution in [2.24, 2.45) is 5.10 Å². The summed E-state index contributed by atoms with van der Waals surface area (Å²) in [7, 11) is 1.50. The number of hydrogen-bond acceptors (Lipinski definition) is 5. The van der Waals surface area contributed by atoms with Crippen LogP contribution in [0.25, 0.3) is 0 Å². The summed E-state index contributed by atoms with van der Waals surface area (Å²) in [6, 6.07) is 17.4. The second kappa shape index (κ2) is 10.9. The Morgan fingerprint density at radius 1 is 1.03 bits per heavy atom. The molecule has 0 saturated heterocycles. The van der Waals surface area contributed by atoms with Gasteiger partial charge in [-0.25, -0.2) is 9.82 Å². The van der Waals surface area contributed by atoms with Crippen molar-refractivity contribution in [1.29, 1.82) is 0 Å². The number of methoxy groups -OCH3 is 1. The van der Waals surface area contributed by atoms with Crippen molar-refractivity contribution in [1.82, 2.24) is 5.43 Å². The van der Waals surface area contributed by atoms with Gasteiger partial charge in [-0.05, 0) is 42.5 Å². The van der Waals surface area contributed by atoms with Gasteiger partial charge in [0.05, 0.1) is 13.3 Å². The molecule has 32 heavy (non-hydrogen) atoms. The van der Waals surface area contributed by atoms with Gasteiger partial charge < -0.3 is 14.8 Å². The molecule has 9 heteroatoms. The molecule has 0 unspecified atom stereocenters. The van der Waals surface area contributed by atoms with E-state index in [1.165, 1.54) is 37.6 Å². The molecule has 0 radical (unpaired) electrons. The molecule has 0 spiro atoms. The number of nitrogens with zero attached hydrogens (tertiary/aromatic N) is 1. The van der Waals surface area contributed by atoms with Crippen molar-refractivity contribution in [3.8, 4) is 11.5 Å². The molecule has 3 aromatic carbocycles. The number of ether oxygens (including phenoxy) is 2. The number of anilines is 1. The molecule has 164 valence electrons. The van der Waals surface area contributed by atoms with Crippen LogP contribution >= 0.6 is 11.6 Å². The lowest BCUT2D eigenvalue weighted by Crippen LogP contribution is -2.32. The Labute approximate surface area is 188 Å². The van der Waals surface area contributed by atoms with Gasteiger partial charge in [-0.1, -0.05) is 35.9 Å². The minimum absolute atomic E-state index is 0.188. The standard InChI is InChI=1S/C23H19ClFN3O4/c1-31-20-8-4-6-15(21(20)32-14-16-5-2-3-7-19(16)24)13-26-28-23(30)22(29)27-18-11-9-17(25)10-12-18/h2-13H,14H2,1H3,(H,27,29)(H,28,30)/b26-13-. The van der Waals surface area contributed by atoms with Crippen molar-refractivity contribution in [2.45, 2.75) is 6.61 Å². The summed E-state index contributed by atoms with van der Waals surface area (Å²) < 4.78 is 24.2. The first-order valence-electron chi connectivity index (χ1n) is 9.41. The topological polar surface area (TPSA) is 89.0 Å². The summed E-state index contributed by atoms with van der Waals surface area (Å²) in [5, 5.41) is 6.73. The molecule has 2 amide bonds. The molecular formula is C23H19ClFN3O4. The van der Waals surface area contributed by atoms with Gasteiger partial charge in [0, 0.05) is 21.8 Å². The lowest BCUT2D eigenvalue weighted by Gasteiger charge is -2.13. The monoisotopic (exact) mass is 455 g/mol. The highest BCUT2D eigenvalue weighted by molar-refractivity contribution is 6.39. The predicted octanol–water partition coefficient (Wildman–Crippen LogP) is 4.16. The smallest absolute Gasteiger partial charge is 0.329 e. The zero-order valence-electron chi connectivity index (χ0n) is 17.0. The van der Waals surface area contributed by atoms with Crippen molar-refractivity contribution >= 4 is 35.3 Å². The number of para-hydroxylation sites is 1. The van der Waals surface area contributed by atoms with Crippen LogP contribution in [-0.2, 0) is 16.2 Å². The summed E-state index contributed by atoms with van der Waals surface area (Å²) in [5.74, 6) is -1.55. The molecule has 0 bridgehead atoms. The van der Waals surface area contributed by atoms with E-state index >= 15 is 0 Å². The highest BCUT2D eigenvalue weighted by Gasteiger charge is 2.14. The minimum atomic E-state index is -0.994. The van der Waals surface area contributed by atoms with E-state index in [1.54, 1.807) is 24.3 Å².